The summed E-state index contributed by atoms with van der Waals surface area (Å²) in [6.07, 6.45) is 3.12. The molecule has 7 heteroatoms. The van der Waals surface area contributed by atoms with E-state index >= 15 is 0 Å². The number of nitrogens with two attached hydrogens (primary N) is 1. The van der Waals surface area contributed by atoms with Crippen LogP contribution in [0.4, 0.5) is 15.8 Å². The molecule has 6 nitrogen and oxygen atoms in total. The zero-order valence-corrected chi connectivity index (χ0v) is 9.51. The van der Waals surface area contributed by atoms with Gasteiger partial charge in [0.05, 0.1) is 17.9 Å². The fraction of sp³-hybridized carbons (Fsp3) is 0.182. The van der Waals surface area contributed by atoms with Gasteiger partial charge < -0.3 is 11.1 Å². The van der Waals surface area contributed by atoms with Gasteiger partial charge in [-0.3, -0.25) is 9.48 Å². The maximum atomic E-state index is 13.0. The predicted molar refractivity (Wildman–Crippen MR) is 64.1 cm³/mol. The number of carbonyl (C=O) groups excluding carboxylic acids is 1. The molecule has 2 rings (SSSR count). The molecule has 3 N–H and O–H groups in total. The summed E-state index contributed by atoms with van der Waals surface area (Å²) in [6.45, 7) is 0.404. The Morgan fingerprint density at radius 2 is 2.33 bits per heavy atom. The number of nitrogens with one attached hydrogen (secondary N) is 1. The smallest absolute Gasteiger partial charge is 0.226 e. The minimum atomic E-state index is -0.448. The van der Waals surface area contributed by atoms with Crippen LogP contribution in [0.5, 0.6) is 0 Å². The van der Waals surface area contributed by atoms with Gasteiger partial charge >= 0.3 is 0 Å². The summed E-state index contributed by atoms with van der Waals surface area (Å²) in [4.78, 5) is 15.4. The summed E-state index contributed by atoms with van der Waals surface area (Å²) in [6, 6.07) is 3.82. The van der Waals surface area contributed by atoms with Crippen molar-refractivity contribution in [2.24, 2.45) is 0 Å². The first-order valence-corrected chi connectivity index (χ1v) is 5.32. The number of rotatable bonds is 4. The van der Waals surface area contributed by atoms with Crippen molar-refractivity contribution in [1.29, 1.82) is 0 Å². The van der Waals surface area contributed by atoms with Crippen LogP contribution in [0, 0.1) is 5.82 Å². The van der Waals surface area contributed by atoms with Crippen LogP contribution in [0.1, 0.15) is 6.42 Å². The van der Waals surface area contributed by atoms with Gasteiger partial charge in [-0.15, -0.1) is 0 Å². The molecule has 0 saturated heterocycles. The third-order valence-electron chi connectivity index (χ3n) is 2.32. The van der Waals surface area contributed by atoms with E-state index in [9.17, 15) is 9.18 Å². The average molecular weight is 249 g/mol. The number of amides is 1. The van der Waals surface area contributed by atoms with E-state index in [2.05, 4.69) is 15.4 Å². The van der Waals surface area contributed by atoms with Gasteiger partial charge in [-0.25, -0.2) is 9.37 Å². The molecule has 0 radical (unpaired) electrons. The zero-order valence-electron chi connectivity index (χ0n) is 9.51. The molecule has 1 aromatic heterocycles. The van der Waals surface area contributed by atoms with Crippen molar-refractivity contribution in [2.45, 2.75) is 13.0 Å². The number of nitrogens with zero attached hydrogens (tertiary/aromatic N) is 3. The molecule has 1 aromatic carbocycles. The van der Waals surface area contributed by atoms with Crippen molar-refractivity contribution in [3.8, 4) is 0 Å². The Balaban J connectivity index is 1.92. The molecule has 0 aliphatic rings. The van der Waals surface area contributed by atoms with Crippen LogP contribution in [0.2, 0.25) is 0 Å². The second-order valence-corrected chi connectivity index (χ2v) is 3.69. The van der Waals surface area contributed by atoms with Gasteiger partial charge in [-0.2, -0.15) is 5.10 Å². The maximum Gasteiger partial charge on any atom is 0.226 e. The second kappa shape index (κ2) is 5.26. The first-order valence-electron chi connectivity index (χ1n) is 5.32. The van der Waals surface area contributed by atoms with Crippen LogP contribution in [0.25, 0.3) is 0 Å². The molecule has 1 heterocycles. The Bertz CT molecular complexity index is 540. The first kappa shape index (κ1) is 12.0. The molecular formula is C11H12FN5O. The number of anilines is 2. The highest BCUT2D eigenvalue weighted by Gasteiger charge is 2.06. The number of aromatic nitrogens is 3. The second-order valence-electron chi connectivity index (χ2n) is 3.69. The van der Waals surface area contributed by atoms with Gasteiger partial charge in [0.1, 0.15) is 18.5 Å². The number of hydrogen-bond acceptors (Lipinski definition) is 4. The quantitative estimate of drug-likeness (QED) is 0.792. The summed E-state index contributed by atoms with van der Waals surface area (Å²) >= 11 is 0. The lowest BCUT2D eigenvalue weighted by atomic mass is 10.2. The van der Waals surface area contributed by atoms with Crippen molar-refractivity contribution in [2.75, 3.05) is 11.1 Å². The molecule has 0 unspecified atom stereocenters. The standard InChI is InChI=1S/C11H12FN5O/c12-8-1-2-9(13)10(5-8)16-11(18)3-4-17-7-14-6-15-17/h1-2,5-7H,3-4,13H2,(H,16,18). The van der Waals surface area contributed by atoms with E-state index in [-0.39, 0.29) is 18.0 Å². The van der Waals surface area contributed by atoms with Crippen LogP contribution in [-0.2, 0) is 11.3 Å². The minimum absolute atomic E-state index is 0.208. The molecule has 94 valence electrons. The number of hydrogen-bond donors (Lipinski definition) is 2. The third kappa shape index (κ3) is 3.03. The Morgan fingerprint density at radius 1 is 1.50 bits per heavy atom. The third-order valence-corrected chi connectivity index (χ3v) is 2.32. The van der Waals surface area contributed by atoms with Gasteiger partial charge in [0, 0.05) is 6.42 Å². The molecule has 2 aromatic rings. The van der Waals surface area contributed by atoms with Crippen molar-refractivity contribution in [1.82, 2.24) is 14.8 Å². The van der Waals surface area contributed by atoms with Crippen molar-refractivity contribution >= 4 is 17.3 Å². The van der Waals surface area contributed by atoms with E-state index in [1.165, 1.54) is 35.5 Å². The van der Waals surface area contributed by atoms with Crippen molar-refractivity contribution in [3.05, 3.63) is 36.7 Å². The number of nitrogen functional groups attached to an aromatic ring is 1. The lowest BCUT2D eigenvalue weighted by Crippen LogP contribution is -2.15. The summed E-state index contributed by atoms with van der Waals surface area (Å²) in [7, 11) is 0. The molecule has 0 bridgehead atoms. The molecule has 0 saturated carbocycles. The molecule has 0 atom stereocenters. The lowest BCUT2D eigenvalue weighted by Gasteiger charge is -2.08. The number of aryl methyl sites for hydroxylation is 1. The Labute approximate surface area is 103 Å². The van der Waals surface area contributed by atoms with Gasteiger partial charge in [0.2, 0.25) is 5.91 Å². The van der Waals surface area contributed by atoms with E-state index in [1.54, 1.807) is 0 Å². The first-order chi connectivity index (χ1) is 8.65. The van der Waals surface area contributed by atoms with E-state index in [4.69, 9.17) is 5.73 Å². The molecule has 0 fully saturated rings. The lowest BCUT2D eigenvalue weighted by molar-refractivity contribution is -0.116. The number of carbonyl (C=O) groups is 1. The molecule has 0 aliphatic carbocycles. The van der Waals surface area contributed by atoms with Gasteiger partial charge in [0.15, 0.2) is 0 Å². The van der Waals surface area contributed by atoms with Gasteiger partial charge in [-0.05, 0) is 18.2 Å². The summed E-state index contributed by atoms with van der Waals surface area (Å²) in [5, 5.41) is 6.42. The number of benzene rings is 1. The normalized spacial score (nSPS) is 10.3. The predicted octanol–water partition coefficient (Wildman–Crippen LogP) is 1.03. The van der Waals surface area contributed by atoms with E-state index in [1.807, 2.05) is 0 Å². The average Bonchev–Trinajstić information content (AvgIpc) is 2.84. The van der Waals surface area contributed by atoms with E-state index in [0.29, 0.717) is 12.2 Å². The molecule has 0 aliphatic heterocycles. The zero-order chi connectivity index (χ0) is 13.0. The van der Waals surface area contributed by atoms with Crippen LogP contribution < -0.4 is 11.1 Å². The van der Waals surface area contributed by atoms with Crippen LogP contribution in [0.3, 0.4) is 0 Å². The Hall–Kier alpha value is -2.44. The fourth-order valence-corrected chi connectivity index (χ4v) is 1.41. The van der Waals surface area contributed by atoms with Crippen LogP contribution >= 0.6 is 0 Å². The highest BCUT2D eigenvalue weighted by atomic mass is 19.1. The molecule has 0 spiro atoms. The molecule has 18 heavy (non-hydrogen) atoms. The van der Waals surface area contributed by atoms with Crippen LogP contribution in [-0.4, -0.2) is 20.7 Å². The van der Waals surface area contributed by atoms with Gasteiger partial charge in [-0.1, -0.05) is 0 Å². The fourth-order valence-electron chi connectivity index (χ4n) is 1.41. The summed E-state index contributed by atoms with van der Waals surface area (Å²) in [5.74, 6) is -0.710. The number of halogens is 1. The molecular weight excluding hydrogens is 237 g/mol. The molecule has 1 amide bonds. The van der Waals surface area contributed by atoms with Gasteiger partial charge in [0.25, 0.3) is 0 Å². The highest BCUT2D eigenvalue weighted by molar-refractivity contribution is 5.93. The maximum absolute atomic E-state index is 13.0. The van der Waals surface area contributed by atoms with Crippen molar-refractivity contribution < 1.29 is 9.18 Å². The Morgan fingerprint density at radius 3 is 3.06 bits per heavy atom. The van der Waals surface area contributed by atoms with E-state index in [0.717, 1.165) is 0 Å². The largest absolute Gasteiger partial charge is 0.397 e. The van der Waals surface area contributed by atoms with E-state index < -0.39 is 5.82 Å². The Kier molecular flexibility index (Phi) is 3.52. The highest BCUT2D eigenvalue weighted by Crippen LogP contribution is 2.19. The summed E-state index contributed by atoms with van der Waals surface area (Å²) in [5.41, 5.74) is 6.22. The summed E-state index contributed by atoms with van der Waals surface area (Å²) < 4.78 is 14.5. The SMILES string of the molecule is Nc1ccc(F)cc1NC(=O)CCn1cncn1. The monoisotopic (exact) mass is 249 g/mol. The van der Waals surface area contributed by atoms with Crippen molar-refractivity contribution in [3.63, 3.8) is 0 Å². The van der Waals surface area contributed by atoms with Crippen LogP contribution in [0.15, 0.2) is 30.9 Å². The minimum Gasteiger partial charge on any atom is -0.397 e. The topological polar surface area (TPSA) is 85.8 Å².